The molecular formula is C23H23F3O7. The lowest BCUT2D eigenvalue weighted by Crippen LogP contribution is -2.40. The summed E-state index contributed by atoms with van der Waals surface area (Å²) in [6.07, 6.45) is -4.24. The van der Waals surface area contributed by atoms with Crippen LogP contribution in [0.4, 0.5) is 13.2 Å². The molecule has 1 atom stereocenters. The molecule has 0 amide bonds. The van der Waals surface area contributed by atoms with Gasteiger partial charge in [-0.2, -0.15) is 13.2 Å². The molecule has 33 heavy (non-hydrogen) atoms. The lowest BCUT2D eigenvalue weighted by Gasteiger charge is -2.16. The summed E-state index contributed by atoms with van der Waals surface area (Å²) in [5.41, 5.74) is -0.1000. The average molecular weight is 468 g/mol. The van der Waals surface area contributed by atoms with E-state index in [9.17, 15) is 27.6 Å². The number of hydrogen-bond acceptors (Lipinski definition) is 6. The van der Waals surface area contributed by atoms with Gasteiger partial charge in [-0.1, -0.05) is 26.2 Å². The van der Waals surface area contributed by atoms with Crippen LogP contribution in [-0.2, 0) is 9.53 Å². The van der Waals surface area contributed by atoms with Gasteiger partial charge in [-0.15, -0.1) is 0 Å². The van der Waals surface area contributed by atoms with Gasteiger partial charge in [-0.05, 0) is 55.0 Å². The van der Waals surface area contributed by atoms with Crippen LogP contribution in [0.1, 0.15) is 53.3 Å². The number of alkyl halides is 3. The minimum absolute atomic E-state index is 0.0263. The second-order valence-electron chi connectivity index (χ2n) is 7.01. The van der Waals surface area contributed by atoms with Crippen LogP contribution in [-0.4, -0.2) is 41.9 Å². The molecule has 10 heteroatoms. The second kappa shape index (κ2) is 11.9. The predicted octanol–water partition coefficient (Wildman–Crippen LogP) is 5.04. The molecule has 7 nitrogen and oxygen atoms in total. The van der Waals surface area contributed by atoms with Gasteiger partial charge < -0.3 is 19.3 Å². The highest BCUT2D eigenvalue weighted by Gasteiger charge is 2.48. The summed E-state index contributed by atoms with van der Waals surface area (Å²) >= 11 is 0. The summed E-state index contributed by atoms with van der Waals surface area (Å²) in [5, 5.41) is 8.58. The van der Waals surface area contributed by atoms with Crippen molar-refractivity contribution in [2.75, 3.05) is 6.61 Å². The molecule has 0 aliphatic rings. The molecule has 0 saturated heterocycles. The van der Waals surface area contributed by atoms with E-state index in [2.05, 4.69) is 11.7 Å². The van der Waals surface area contributed by atoms with Gasteiger partial charge in [-0.25, -0.2) is 14.4 Å². The van der Waals surface area contributed by atoms with Crippen molar-refractivity contribution in [3.05, 3.63) is 59.7 Å². The first-order valence-electron chi connectivity index (χ1n) is 10.2. The van der Waals surface area contributed by atoms with Crippen LogP contribution in [0.2, 0.25) is 0 Å². The molecule has 0 radical (unpaired) electrons. The van der Waals surface area contributed by atoms with Crippen molar-refractivity contribution in [2.24, 2.45) is 0 Å². The Kier molecular flexibility index (Phi) is 9.26. The Balaban J connectivity index is 1.91. The fourth-order valence-corrected chi connectivity index (χ4v) is 2.66. The van der Waals surface area contributed by atoms with Gasteiger partial charge in [0.25, 0.3) is 6.10 Å². The zero-order chi connectivity index (χ0) is 24.4. The van der Waals surface area contributed by atoms with Gasteiger partial charge in [0.2, 0.25) is 0 Å². The highest BCUT2D eigenvalue weighted by atomic mass is 19.4. The smallest absolute Gasteiger partial charge is 0.436 e. The van der Waals surface area contributed by atoms with E-state index in [-0.39, 0.29) is 16.9 Å². The van der Waals surface area contributed by atoms with Crippen molar-refractivity contribution in [3.8, 4) is 11.5 Å². The van der Waals surface area contributed by atoms with E-state index in [1.54, 1.807) is 12.1 Å². The van der Waals surface area contributed by atoms with Crippen LogP contribution in [0, 0.1) is 0 Å². The van der Waals surface area contributed by atoms with Crippen LogP contribution >= 0.6 is 0 Å². The zero-order valence-electron chi connectivity index (χ0n) is 17.8. The number of carboxylic acid groups (broad SMARTS) is 1. The van der Waals surface area contributed by atoms with Gasteiger partial charge in [0.15, 0.2) is 0 Å². The van der Waals surface area contributed by atoms with E-state index >= 15 is 0 Å². The predicted molar refractivity (Wildman–Crippen MR) is 110 cm³/mol. The normalized spacial score (nSPS) is 12.0. The van der Waals surface area contributed by atoms with E-state index in [1.807, 2.05) is 0 Å². The summed E-state index contributed by atoms with van der Waals surface area (Å²) in [7, 11) is 0. The van der Waals surface area contributed by atoms with Gasteiger partial charge in [0.1, 0.15) is 11.5 Å². The van der Waals surface area contributed by atoms with Crippen molar-refractivity contribution < 1.29 is 46.9 Å². The third-order valence-corrected chi connectivity index (χ3v) is 4.40. The quantitative estimate of drug-likeness (QED) is 0.280. The highest BCUT2D eigenvalue weighted by molar-refractivity contribution is 5.93. The van der Waals surface area contributed by atoms with E-state index in [0.717, 1.165) is 37.8 Å². The lowest BCUT2D eigenvalue weighted by molar-refractivity contribution is -0.214. The van der Waals surface area contributed by atoms with Gasteiger partial charge >= 0.3 is 24.1 Å². The van der Waals surface area contributed by atoms with Crippen molar-refractivity contribution in [2.45, 2.75) is 44.9 Å². The number of carbonyl (C=O) groups is 3. The third-order valence-electron chi connectivity index (χ3n) is 4.40. The molecular weight excluding hydrogens is 445 g/mol. The van der Waals surface area contributed by atoms with E-state index in [4.69, 9.17) is 14.6 Å². The zero-order valence-corrected chi connectivity index (χ0v) is 17.8. The molecule has 2 aromatic rings. The molecule has 1 unspecified atom stereocenters. The minimum Gasteiger partial charge on any atom is -0.494 e. The number of aliphatic carboxylic acids is 1. The Morgan fingerprint density at radius 3 is 1.91 bits per heavy atom. The maximum absolute atomic E-state index is 12.6. The number of carboxylic acids is 1. The molecule has 0 aliphatic carbocycles. The summed E-state index contributed by atoms with van der Waals surface area (Å²) in [6.45, 7) is 2.70. The van der Waals surface area contributed by atoms with Crippen molar-refractivity contribution >= 4 is 17.9 Å². The monoisotopic (exact) mass is 468 g/mol. The maximum atomic E-state index is 12.6. The summed E-state index contributed by atoms with van der Waals surface area (Å²) in [5.74, 6) is -3.87. The number of benzene rings is 2. The standard InChI is InChI=1S/C23H23F3O7/c1-2-3-4-5-14-31-17-10-6-15(7-11-17)21(29)32-18-12-8-16(9-13-18)22(30)33-19(20(27)28)23(24,25)26/h6-13,19H,2-5,14H2,1H3,(H,27,28). The average Bonchev–Trinajstić information content (AvgIpc) is 2.77. The Morgan fingerprint density at radius 2 is 1.39 bits per heavy atom. The number of rotatable bonds is 11. The van der Waals surface area contributed by atoms with Crippen molar-refractivity contribution in [1.82, 2.24) is 0 Å². The fraction of sp³-hybridized carbons (Fsp3) is 0.348. The lowest BCUT2D eigenvalue weighted by atomic mass is 10.2. The minimum atomic E-state index is -5.26. The molecule has 178 valence electrons. The Morgan fingerprint density at radius 1 is 0.848 bits per heavy atom. The molecule has 0 heterocycles. The SMILES string of the molecule is CCCCCCOc1ccc(C(=O)Oc2ccc(C(=O)OC(C(=O)O)C(F)(F)F)cc2)cc1. The molecule has 0 spiro atoms. The topological polar surface area (TPSA) is 99.1 Å². The van der Waals surface area contributed by atoms with Crippen molar-refractivity contribution in [1.29, 1.82) is 0 Å². The van der Waals surface area contributed by atoms with E-state index in [1.165, 1.54) is 24.3 Å². The van der Waals surface area contributed by atoms with Gasteiger partial charge in [0, 0.05) is 0 Å². The molecule has 2 aromatic carbocycles. The molecule has 0 aliphatic heterocycles. The van der Waals surface area contributed by atoms with Crippen molar-refractivity contribution in [3.63, 3.8) is 0 Å². The van der Waals surface area contributed by atoms with Crippen LogP contribution in [0.25, 0.3) is 0 Å². The third kappa shape index (κ3) is 8.13. The number of unbranched alkanes of at least 4 members (excludes halogenated alkanes) is 3. The number of ether oxygens (including phenoxy) is 3. The molecule has 1 N–H and O–H groups in total. The molecule has 0 aromatic heterocycles. The van der Waals surface area contributed by atoms with Crippen LogP contribution in [0.3, 0.4) is 0 Å². The molecule has 2 rings (SSSR count). The largest absolute Gasteiger partial charge is 0.494 e. The Bertz CT molecular complexity index is 938. The Hall–Kier alpha value is -3.56. The molecule has 0 saturated carbocycles. The van der Waals surface area contributed by atoms with Gasteiger partial charge in [-0.3, -0.25) is 0 Å². The van der Waals surface area contributed by atoms with Crippen LogP contribution in [0.5, 0.6) is 11.5 Å². The first kappa shape index (κ1) is 25.7. The van der Waals surface area contributed by atoms with Crippen LogP contribution < -0.4 is 9.47 Å². The molecule has 0 bridgehead atoms. The first-order chi connectivity index (χ1) is 15.6. The summed E-state index contributed by atoms with van der Waals surface area (Å²) in [6, 6.07) is 10.8. The summed E-state index contributed by atoms with van der Waals surface area (Å²) < 4.78 is 52.7. The van der Waals surface area contributed by atoms with Crippen LogP contribution in [0.15, 0.2) is 48.5 Å². The maximum Gasteiger partial charge on any atom is 0.436 e. The first-order valence-corrected chi connectivity index (χ1v) is 10.2. The van der Waals surface area contributed by atoms with E-state index in [0.29, 0.717) is 12.4 Å². The fourth-order valence-electron chi connectivity index (χ4n) is 2.66. The summed E-state index contributed by atoms with van der Waals surface area (Å²) in [4.78, 5) is 34.7. The highest BCUT2D eigenvalue weighted by Crippen LogP contribution is 2.25. The second-order valence-corrected chi connectivity index (χ2v) is 7.01. The number of hydrogen-bond donors (Lipinski definition) is 1. The number of carbonyl (C=O) groups excluding carboxylic acids is 2. The molecule has 0 fully saturated rings. The van der Waals surface area contributed by atoms with Gasteiger partial charge in [0.05, 0.1) is 17.7 Å². The van der Waals surface area contributed by atoms with E-state index < -0.39 is 30.2 Å². The number of halogens is 3. The Labute approximate surface area is 188 Å². The number of esters is 2.